The highest BCUT2D eigenvalue weighted by molar-refractivity contribution is 7.99. The molecule has 1 atom stereocenters. The molecule has 1 amide bonds. The summed E-state index contributed by atoms with van der Waals surface area (Å²) in [7, 11) is 0. The zero-order valence-electron chi connectivity index (χ0n) is 14.7. The van der Waals surface area contributed by atoms with Crippen molar-refractivity contribution in [3.05, 3.63) is 60.4 Å². The molecule has 26 heavy (non-hydrogen) atoms. The van der Waals surface area contributed by atoms with Gasteiger partial charge in [-0.1, -0.05) is 30.3 Å². The van der Waals surface area contributed by atoms with E-state index in [4.69, 9.17) is 4.98 Å². The molecule has 0 unspecified atom stereocenters. The maximum absolute atomic E-state index is 12.7. The van der Waals surface area contributed by atoms with Gasteiger partial charge in [0.05, 0.1) is 17.1 Å². The molecule has 4 rings (SSSR count). The van der Waals surface area contributed by atoms with Gasteiger partial charge in [-0.2, -0.15) is 0 Å². The number of nitrogens with one attached hydrogen (secondary N) is 1. The van der Waals surface area contributed by atoms with Crippen molar-refractivity contribution in [3.8, 4) is 0 Å². The average Bonchev–Trinajstić information content (AvgIpc) is 3.32. The highest BCUT2D eigenvalue weighted by atomic mass is 32.2. The van der Waals surface area contributed by atoms with Crippen LogP contribution in [0.25, 0.3) is 11.0 Å². The third-order valence-electron chi connectivity index (χ3n) is 4.84. The van der Waals surface area contributed by atoms with Gasteiger partial charge in [-0.3, -0.25) is 4.79 Å². The molecule has 1 aliphatic rings. The second kappa shape index (κ2) is 7.96. The van der Waals surface area contributed by atoms with E-state index < -0.39 is 0 Å². The fraction of sp³-hybridized carbons (Fsp3) is 0.333. The van der Waals surface area contributed by atoms with Crippen molar-refractivity contribution < 1.29 is 4.79 Å². The monoisotopic (exact) mass is 365 g/mol. The van der Waals surface area contributed by atoms with E-state index in [-0.39, 0.29) is 11.9 Å². The van der Waals surface area contributed by atoms with E-state index in [1.165, 1.54) is 4.90 Å². The number of hydrogen-bond donors (Lipinski definition) is 1. The number of likely N-dealkylation sites (tertiary alicyclic amines) is 1. The Bertz CT molecular complexity index is 844. The van der Waals surface area contributed by atoms with E-state index >= 15 is 0 Å². The number of nitrogens with zero attached hydrogens (tertiary/aromatic N) is 2. The number of rotatable bonds is 6. The number of imidazole rings is 1. The fourth-order valence-electron chi connectivity index (χ4n) is 3.55. The lowest BCUT2D eigenvalue weighted by molar-refractivity contribution is -0.132. The predicted octanol–water partition coefficient (Wildman–Crippen LogP) is 4.80. The number of carbonyl (C=O) groups excluding carboxylic acids is 1. The van der Waals surface area contributed by atoms with Crippen molar-refractivity contribution >= 4 is 28.7 Å². The molecule has 1 fully saturated rings. The van der Waals surface area contributed by atoms with Crippen LogP contribution in [0.2, 0.25) is 0 Å². The van der Waals surface area contributed by atoms with Crippen LogP contribution in [0.4, 0.5) is 0 Å². The highest BCUT2D eigenvalue weighted by Crippen LogP contribution is 2.32. The van der Waals surface area contributed by atoms with Crippen molar-refractivity contribution in [2.75, 3.05) is 12.3 Å². The number of benzene rings is 2. The number of hydrogen-bond acceptors (Lipinski definition) is 3. The normalized spacial score (nSPS) is 17.1. The van der Waals surface area contributed by atoms with E-state index in [2.05, 4.69) is 29.2 Å². The number of aromatic nitrogens is 2. The third kappa shape index (κ3) is 3.78. The molecule has 1 aliphatic heterocycles. The van der Waals surface area contributed by atoms with E-state index in [0.29, 0.717) is 6.42 Å². The largest absolute Gasteiger partial charge is 0.340 e. The standard InChI is InChI=1S/C21H23N3OS/c25-20(13-7-15-26-16-8-2-1-3-9-16)24-14-6-12-19(24)21-22-17-10-4-5-11-18(17)23-21/h1-5,8-11,19H,6-7,12-15H2,(H,22,23)/t19-/m1/s1. The Kier molecular flexibility index (Phi) is 5.25. The molecule has 4 nitrogen and oxygen atoms in total. The molecule has 2 aromatic carbocycles. The Labute approximate surface area is 158 Å². The summed E-state index contributed by atoms with van der Waals surface area (Å²) in [6.45, 7) is 0.840. The van der Waals surface area contributed by atoms with E-state index in [9.17, 15) is 4.79 Å². The number of fused-ring (bicyclic) bond motifs is 1. The quantitative estimate of drug-likeness (QED) is 0.504. The summed E-state index contributed by atoms with van der Waals surface area (Å²) in [4.78, 5) is 24.1. The minimum atomic E-state index is 0.0941. The van der Waals surface area contributed by atoms with Gasteiger partial charge in [0.25, 0.3) is 0 Å². The Balaban J connectivity index is 1.34. The number of thioether (sulfide) groups is 1. The van der Waals surface area contributed by atoms with Gasteiger partial charge in [0, 0.05) is 17.9 Å². The van der Waals surface area contributed by atoms with Gasteiger partial charge in [-0.05, 0) is 49.3 Å². The van der Waals surface area contributed by atoms with Crippen molar-refractivity contribution in [1.82, 2.24) is 14.9 Å². The molecule has 1 saturated heterocycles. The van der Waals surface area contributed by atoms with Crippen molar-refractivity contribution in [2.45, 2.75) is 36.6 Å². The molecule has 3 aromatic rings. The number of aromatic amines is 1. The lowest BCUT2D eigenvalue weighted by Gasteiger charge is -2.23. The molecule has 1 N–H and O–H groups in total. The maximum Gasteiger partial charge on any atom is 0.223 e. The number of para-hydroxylation sites is 2. The van der Waals surface area contributed by atoms with Gasteiger partial charge in [0.1, 0.15) is 5.82 Å². The Morgan fingerprint density at radius 2 is 1.96 bits per heavy atom. The van der Waals surface area contributed by atoms with E-state index in [0.717, 1.165) is 48.4 Å². The van der Waals surface area contributed by atoms with Crippen molar-refractivity contribution in [1.29, 1.82) is 0 Å². The molecule has 1 aromatic heterocycles. The lowest BCUT2D eigenvalue weighted by atomic mass is 10.2. The van der Waals surface area contributed by atoms with Gasteiger partial charge in [0.15, 0.2) is 0 Å². The first kappa shape index (κ1) is 17.2. The van der Waals surface area contributed by atoms with Crippen LogP contribution in [0.3, 0.4) is 0 Å². The average molecular weight is 366 g/mol. The van der Waals surface area contributed by atoms with Crippen LogP contribution in [0.1, 0.15) is 37.5 Å². The van der Waals surface area contributed by atoms with Crippen molar-refractivity contribution in [2.24, 2.45) is 0 Å². The first-order chi connectivity index (χ1) is 12.8. The molecule has 0 bridgehead atoms. The highest BCUT2D eigenvalue weighted by Gasteiger charge is 2.31. The summed E-state index contributed by atoms with van der Waals surface area (Å²) in [6.07, 6.45) is 3.55. The molecule has 0 spiro atoms. The van der Waals surface area contributed by atoms with Gasteiger partial charge >= 0.3 is 0 Å². The van der Waals surface area contributed by atoms with Gasteiger partial charge in [-0.15, -0.1) is 11.8 Å². The molecular formula is C21H23N3OS. The molecule has 0 saturated carbocycles. The van der Waals surface area contributed by atoms with Crippen LogP contribution in [0.15, 0.2) is 59.5 Å². The topological polar surface area (TPSA) is 49.0 Å². The SMILES string of the molecule is O=C(CCCSc1ccccc1)N1CCC[C@@H]1c1nc2ccccc2[nH]1. The zero-order valence-corrected chi connectivity index (χ0v) is 15.5. The van der Waals surface area contributed by atoms with Crippen LogP contribution in [-0.2, 0) is 4.79 Å². The van der Waals surface area contributed by atoms with Gasteiger partial charge < -0.3 is 9.88 Å². The first-order valence-electron chi connectivity index (χ1n) is 9.23. The summed E-state index contributed by atoms with van der Waals surface area (Å²) in [5, 5.41) is 0. The Morgan fingerprint density at radius 3 is 2.81 bits per heavy atom. The van der Waals surface area contributed by atoms with Crippen LogP contribution in [0.5, 0.6) is 0 Å². The van der Waals surface area contributed by atoms with Crippen LogP contribution >= 0.6 is 11.8 Å². The van der Waals surface area contributed by atoms with Crippen molar-refractivity contribution in [3.63, 3.8) is 0 Å². The van der Waals surface area contributed by atoms with E-state index in [1.807, 2.05) is 47.0 Å². The lowest BCUT2D eigenvalue weighted by Crippen LogP contribution is -2.31. The maximum atomic E-state index is 12.7. The minimum absolute atomic E-state index is 0.0941. The molecule has 0 aliphatic carbocycles. The fourth-order valence-corrected chi connectivity index (χ4v) is 4.43. The predicted molar refractivity (Wildman–Crippen MR) is 106 cm³/mol. The second-order valence-corrected chi connectivity index (χ2v) is 7.82. The van der Waals surface area contributed by atoms with Gasteiger partial charge in [-0.25, -0.2) is 4.98 Å². The summed E-state index contributed by atoms with van der Waals surface area (Å²) in [5.74, 6) is 2.15. The molecule has 5 heteroatoms. The number of amides is 1. The van der Waals surface area contributed by atoms with Crippen LogP contribution in [0, 0.1) is 0 Å². The van der Waals surface area contributed by atoms with Crippen LogP contribution < -0.4 is 0 Å². The smallest absolute Gasteiger partial charge is 0.223 e. The molecule has 2 heterocycles. The summed E-state index contributed by atoms with van der Waals surface area (Å²) in [5.41, 5.74) is 2.02. The molecular weight excluding hydrogens is 342 g/mol. The minimum Gasteiger partial charge on any atom is -0.340 e. The summed E-state index contributed by atoms with van der Waals surface area (Å²) < 4.78 is 0. The number of carbonyl (C=O) groups is 1. The van der Waals surface area contributed by atoms with Gasteiger partial charge in [0.2, 0.25) is 5.91 Å². The zero-order chi connectivity index (χ0) is 17.8. The van der Waals surface area contributed by atoms with E-state index in [1.54, 1.807) is 0 Å². The Morgan fingerprint density at radius 1 is 1.15 bits per heavy atom. The third-order valence-corrected chi connectivity index (χ3v) is 5.94. The summed E-state index contributed by atoms with van der Waals surface area (Å²) >= 11 is 1.82. The molecule has 0 radical (unpaired) electrons. The first-order valence-corrected chi connectivity index (χ1v) is 10.2. The Hall–Kier alpha value is -2.27. The van der Waals surface area contributed by atoms with Crippen LogP contribution in [-0.4, -0.2) is 33.1 Å². The number of H-pyrrole nitrogens is 1. The molecule has 134 valence electrons. The second-order valence-electron chi connectivity index (χ2n) is 6.65. The summed E-state index contributed by atoms with van der Waals surface area (Å²) in [6, 6.07) is 18.5.